The minimum Gasteiger partial charge on any atom is -0.462 e. The molecule has 0 saturated heterocycles. The number of hydrogen-bond acceptors (Lipinski definition) is 6. The lowest BCUT2D eigenvalue weighted by atomic mass is 10.1. The van der Waals surface area contributed by atoms with Gasteiger partial charge >= 0.3 is 17.9 Å². The maximum absolute atomic E-state index is 12.9. The molecule has 0 amide bonds. The molecule has 0 aromatic rings. The van der Waals surface area contributed by atoms with E-state index in [1.807, 2.05) is 0 Å². The second kappa shape index (κ2) is 69.5. The van der Waals surface area contributed by atoms with Crippen molar-refractivity contribution in [3.63, 3.8) is 0 Å². The van der Waals surface area contributed by atoms with Crippen LogP contribution in [0, 0.1) is 0 Å². The lowest BCUT2D eigenvalue weighted by molar-refractivity contribution is -0.167. The van der Waals surface area contributed by atoms with Crippen molar-refractivity contribution in [1.29, 1.82) is 0 Å². The predicted molar refractivity (Wildman–Crippen MR) is 362 cm³/mol. The van der Waals surface area contributed by atoms with Crippen LogP contribution in [0.1, 0.15) is 290 Å². The monoisotopic (exact) mass is 1140 g/mol. The van der Waals surface area contributed by atoms with E-state index in [4.69, 9.17) is 14.2 Å². The summed E-state index contributed by atoms with van der Waals surface area (Å²) in [5, 5.41) is 0. The van der Waals surface area contributed by atoms with Crippen LogP contribution in [0.4, 0.5) is 0 Å². The van der Waals surface area contributed by atoms with Gasteiger partial charge in [-0.2, -0.15) is 0 Å². The summed E-state index contributed by atoms with van der Waals surface area (Å²) < 4.78 is 16.9. The van der Waals surface area contributed by atoms with Crippen molar-refractivity contribution in [2.75, 3.05) is 13.2 Å². The molecule has 0 radical (unpaired) electrons. The fraction of sp³-hybridized carbons (Fsp3) is 0.623. The van der Waals surface area contributed by atoms with E-state index >= 15 is 0 Å². The van der Waals surface area contributed by atoms with Crippen molar-refractivity contribution in [1.82, 2.24) is 0 Å². The van der Waals surface area contributed by atoms with Gasteiger partial charge in [-0.05, 0) is 154 Å². The SMILES string of the molecule is CC/C=C\C/C=C\C/C=C\C/C=C\C/C=C\C/C=C\C/C=C\C/C=C\C/C=C\C/C=C\CCCCC(=O)OCC(COC(=O)CCCCCCC/C=C\CCCCCCC)OC(=O)CCCCCCCCC/C=C\C/C=C\CCCCCC. The molecule has 468 valence electrons. The highest BCUT2D eigenvalue weighted by Crippen LogP contribution is 2.14. The second-order valence-corrected chi connectivity index (χ2v) is 22.0. The van der Waals surface area contributed by atoms with Gasteiger partial charge in [0.1, 0.15) is 13.2 Å². The third kappa shape index (κ3) is 67.7. The van der Waals surface area contributed by atoms with Crippen molar-refractivity contribution < 1.29 is 28.6 Å². The molecule has 83 heavy (non-hydrogen) atoms. The third-order valence-corrected chi connectivity index (χ3v) is 14.0. The Hall–Kier alpha value is -4.97. The Labute approximate surface area is 511 Å². The molecule has 6 heteroatoms. The van der Waals surface area contributed by atoms with Crippen molar-refractivity contribution >= 4 is 17.9 Å². The van der Waals surface area contributed by atoms with Gasteiger partial charge in [-0.3, -0.25) is 14.4 Å². The Balaban J connectivity index is 4.43. The van der Waals surface area contributed by atoms with Crippen LogP contribution in [0.2, 0.25) is 0 Å². The first kappa shape index (κ1) is 78.0. The summed E-state index contributed by atoms with van der Waals surface area (Å²) in [7, 11) is 0. The number of esters is 3. The summed E-state index contributed by atoms with van der Waals surface area (Å²) in [5.74, 6) is -0.965. The molecular formula is C77H124O6. The van der Waals surface area contributed by atoms with Crippen LogP contribution in [-0.4, -0.2) is 37.2 Å². The van der Waals surface area contributed by atoms with E-state index in [1.54, 1.807) is 0 Å². The summed E-state index contributed by atoms with van der Waals surface area (Å²) >= 11 is 0. The molecule has 0 aromatic heterocycles. The smallest absolute Gasteiger partial charge is 0.306 e. The van der Waals surface area contributed by atoms with Crippen molar-refractivity contribution in [3.8, 4) is 0 Å². The van der Waals surface area contributed by atoms with E-state index in [9.17, 15) is 14.4 Å². The Bertz CT molecular complexity index is 1840. The maximum Gasteiger partial charge on any atom is 0.306 e. The summed E-state index contributed by atoms with van der Waals surface area (Å²) in [6, 6.07) is 0. The molecule has 0 aliphatic carbocycles. The number of unbranched alkanes of at least 4 members (excludes halogenated alkanes) is 23. The highest BCUT2D eigenvalue weighted by Gasteiger charge is 2.19. The summed E-state index contributed by atoms with van der Waals surface area (Å²) in [5.41, 5.74) is 0. The summed E-state index contributed by atoms with van der Waals surface area (Å²) in [6.07, 6.45) is 101. The highest BCUT2D eigenvalue weighted by atomic mass is 16.6. The number of allylic oxidation sites excluding steroid dienone is 26. The van der Waals surface area contributed by atoms with E-state index in [-0.39, 0.29) is 31.1 Å². The lowest BCUT2D eigenvalue weighted by Gasteiger charge is -2.18. The average Bonchev–Trinajstić information content (AvgIpc) is 3.49. The number of hydrogen-bond donors (Lipinski definition) is 0. The highest BCUT2D eigenvalue weighted by molar-refractivity contribution is 5.71. The quantitative estimate of drug-likeness (QED) is 0.0261. The van der Waals surface area contributed by atoms with E-state index in [0.717, 1.165) is 141 Å². The van der Waals surface area contributed by atoms with Crippen molar-refractivity contribution in [2.24, 2.45) is 0 Å². The molecule has 1 unspecified atom stereocenters. The zero-order valence-electron chi connectivity index (χ0n) is 53.7. The Morgan fingerprint density at radius 3 is 0.783 bits per heavy atom. The fourth-order valence-electron chi connectivity index (χ4n) is 8.91. The van der Waals surface area contributed by atoms with Gasteiger partial charge < -0.3 is 14.2 Å². The molecule has 0 bridgehead atoms. The number of rotatable bonds is 60. The summed E-state index contributed by atoms with van der Waals surface area (Å²) in [4.78, 5) is 38.3. The molecular weight excluding hydrogens is 1020 g/mol. The third-order valence-electron chi connectivity index (χ3n) is 14.0. The zero-order valence-corrected chi connectivity index (χ0v) is 53.7. The fourth-order valence-corrected chi connectivity index (χ4v) is 8.91. The average molecular weight is 1150 g/mol. The van der Waals surface area contributed by atoms with Crippen molar-refractivity contribution in [2.45, 2.75) is 297 Å². The molecule has 0 aromatic carbocycles. The molecule has 0 fully saturated rings. The first-order chi connectivity index (χ1) is 41.0. The number of carbonyl (C=O) groups excluding carboxylic acids is 3. The molecule has 0 spiro atoms. The van der Waals surface area contributed by atoms with Gasteiger partial charge in [0, 0.05) is 19.3 Å². The van der Waals surface area contributed by atoms with Crippen molar-refractivity contribution in [3.05, 3.63) is 158 Å². The Morgan fingerprint density at radius 1 is 0.253 bits per heavy atom. The van der Waals surface area contributed by atoms with E-state index in [2.05, 4.69) is 179 Å². The minimum absolute atomic E-state index is 0.104. The van der Waals surface area contributed by atoms with Gasteiger partial charge in [0.25, 0.3) is 0 Å². The van der Waals surface area contributed by atoms with Gasteiger partial charge in [0.05, 0.1) is 0 Å². The van der Waals surface area contributed by atoms with Crippen LogP contribution in [0.5, 0.6) is 0 Å². The molecule has 0 N–H and O–H groups in total. The first-order valence-corrected chi connectivity index (χ1v) is 34.0. The summed E-state index contributed by atoms with van der Waals surface area (Å²) in [6.45, 7) is 6.46. The zero-order chi connectivity index (χ0) is 59.9. The Kier molecular flexibility index (Phi) is 65.4. The van der Waals surface area contributed by atoms with Crippen LogP contribution < -0.4 is 0 Å². The van der Waals surface area contributed by atoms with Crippen LogP contribution in [0.3, 0.4) is 0 Å². The first-order valence-electron chi connectivity index (χ1n) is 34.0. The topological polar surface area (TPSA) is 78.9 Å². The largest absolute Gasteiger partial charge is 0.462 e. The van der Waals surface area contributed by atoms with E-state index in [1.165, 1.54) is 103 Å². The molecule has 0 aliphatic heterocycles. The van der Waals surface area contributed by atoms with Gasteiger partial charge in [-0.1, -0.05) is 275 Å². The molecule has 1 atom stereocenters. The Morgan fingerprint density at radius 2 is 0.470 bits per heavy atom. The van der Waals surface area contributed by atoms with Gasteiger partial charge in [-0.15, -0.1) is 0 Å². The van der Waals surface area contributed by atoms with Gasteiger partial charge in [-0.25, -0.2) is 0 Å². The molecule has 0 rings (SSSR count). The van der Waals surface area contributed by atoms with E-state index < -0.39 is 6.10 Å². The standard InChI is InChI=1S/C77H124O6/c1-4-7-10-13-16-19-22-25-28-30-32-33-34-35-36-37-38-39-40-41-42-43-44-45-46-48-49-52-55-58-61-64-67-70-76(79)82-73-74(72-81-75(78)69-66-63-60-57-54-51-27-24-21-18-15-12-9-6-3)83-77(80)71-68-65-62-59-56-53-50-47-31-29-26-23-20-17-14-11-8-5-2/h7,10,16,19-20,23-25,27-29,31-33,35-36,38-39,41-42,44-45,48-49,55,58,74H,4-6,8-9,11-15,17-18,21-22,26,30,34,37,40,43,46-47,50-54,56-57,59-73H2,1-3H3/b10-7-,19-16-,23-20-,27-24-,28-25-,31-29-,33-32-,36-35-,39-38-,42-41-,45-44-,49-48-,58-55-. The van der Waals surface area contributed by atoms with Gasteiger partial charge in [0.15, 0.2) is 6.10 Å². The number of carbonyl (C=O) groups is 3. The maximum atomic E-state index is 12.9. The lowest BCUT2D eigenvalue weighted by Crippen LogP contribution is -2.30. The second-order valence-electron chi connectivity index (χ2n) is 22.0. The molecule has 6 nitrogen and oxygen atoms in total. The van der Waals surface area contributed by atoms with E-state index in [0.29, 0.717) is 25.7 Å². The van der Waals surface area contributed by atoms with Gasteiger partial charge in [0.2, 0.25) is 0 Å². The number of ether oxygens (including phenoxy) is 3. The molecule has 0 heterocycles. The molecule has 0 saturated carbocycles. The van der Waals surface area contributed by atoms with Crippen LogP contribution in [0.15, 0.2) is 158 Å². The van der Waals surface area contributed by atoms with Crippen LogP contribution in [0.25, 0.3) is 0 Å². The molecule has 0 aliphatic rings. The normalized spacial score (nSPS) is 13.1. The van der Waals surface area contributed by atoms with Crippen LogP contribution in [-0.2, 0) is 28.6 Å². The minimum atomic E-state index is -0.812. The van der Waals surface area contributed by atoms with Crippen LogP contribution >= 0.6 is 0 Å². The predicted octanol–water partition coefficient (Wildman–Crippen LogP) is 23.7.